The Morgan fingerprint density at radius 2 is 1.96 bits per heavy atom. The minimum atomic E-state index is -4.85. The van der Waals surface area contributed by atoms with Crippen molar-refractivity contribution in [2.45, 2.75) is 13.3 Å². The number of nitro groups is 1. The zero-order chi connectivity index (χ0) is 17.2. The first-order valence-corrected chi connectivity index (χ1v) is 6.27. The summed E-state index contributed by atoms with van der Waals surface area (Å²) in [7, 11) is 0. The molecule has 0 heterocycles. The smallest absolute Gasteiger partial charge is 0.406 e. The minimum absolute atomic E-state index is 0.164. The third-order valence-corrected chi connectivity index (χ3v) is 3.05. The standard InChI is InChI=1S/C15H9F3N2O3/c1-9-5-6-12(13(8-19)14(9)20(21)22)10-3-2-4-11(7-10)23-15(16,17)18/h2-7H,1H3. The zero-order valence-electron chi connectivity index (χ0n) is 11.7. The van der Waals surface area contributed by atoms with Gasteiger partial charge in [0.05, 0.1) is 4.92 Å². The molecule has 0 amide bonds. The lowest BCUT2D eigenvalue weighted by atomic mass is 9.96. The quantitative estimate of drug-likeness (QED) is 0.622. The topological polar surface area (TPSA) is 76.2 Å². The zero-order valence-corrected chi connectivity index (χ0v) is 11.7. The van der Waals surface area contributed by atoms with Crippen LogP contribution in [0, 0.1) is 28.4 Å². The molecule has 0 aromatic heterocycles. The van der Waals surface area contributed by atoms with E-state index >= 15 is 0 Å². The molecule has 0 unspecified atom stereocenters. The number of nitro benzene ring substituents is 1. The second-order valence-corrected chi connectivity index (χ2v) is 4.60. The van der Waals surface area contributed by atoms with Crippen LogP contribution in [0.2, 0.25) is 0 Å². The van der Waals surface area contributed by atoms with E-state index < -0.39 is 17.0 Å². The Hall–Kier alpha value is -3.08. The molecule has 0 fully saturated rings. The maximum Gasteiger partial charge on any atom is 0.573 e. The van der Waals surface area contributed by atoms with Crippen LogP contribution >= 0.6 is 0 Å². The number of ether oxygens (including phenoxy) is 1. The Morgan fingerprint density at radius 1 is 1.26 bits per heavy atom. The van der Waals surface area contributed by atoms with Crippen LogP contribution in [-0.2, 0) is 0 Å². The van der Waals surface area contributed by atoms with Crippen LogP contribution in [0.3, 0.4) is 0 Å². The Morgan fingerprint density at radius 3 is 2.52 bits per heavy atom. The summed E-state index contributed by atoms with van der Waals surface area (Å²) in [6, 6.07) is 9.56. The number of aryl methyl sites for hydroxylation is 1. The van der Waals surface area contributed by atoms with Gasteiger partial charge in [0.2, 0.25) is 0 Å². The van der Waals surface area contributed by atoms with Gasteiger partial charge in [0, 0.05) is 11.1 Å². The molecule has 0 atom stereocenters. The number of rotatable bonds is 3. The Kier molecular flexibility index (Phi) is 4.22. The highest BCUT2D eigenvalue weighted by Crippen LogP contribution is 2.34. The van der Waals surface area contributed by atoms with Crippen molar-refractivity contribution in [1.29, 1.82) is 5.26 Å². The van der Waals surface area contributed by atoms with Gasteiger partial charge in [-0.05, 0) is 24.6 Å². The Bertz CT molecular complexity index is 811. The summed E-state index contributed by atoms with van der Waals surface area (Å²) < 4.78 is 40.7. The third kappa shape index (κ3) is 3.58. The van der Waals surface area contributed by atoms with Gasteiger partial charge in [-0.25, -0.2) is 0 Å². The number of benzene rings is 2. The largest absolute Gasteiger partial charge is 0.573 e. The molecule has 0 bridgehead atoms. The van der Waals surface area contributed by atoms with Crippen molar-refractivity contribution in [3.05, 3.63) is 57.6 Å². The van der Waals surface area contributed by atoms with Gasteiger partial charge < -0.3 is 4.74 Å². The molecular formula is C15H9F3N2O3. The van der Waals surface area contributed by atoms with Crippen LogP contribution in [-0.4, -0.2) is 11.3 Å². The fraction of sp³-hybridized carbons (Fsp3) is 0.133. The van der Waals surface area contributed by atoms with E-state index in [0.29, 0.717) is 0 Å². The summed E-state index contributed by atoms with van der Waals surface area (Å²) >= 11 is 0. The minimum Gasteiger partial charge on any atom is -0.406 e. The molecule has 0 saturated carbocycles. The van der Waals surface area contributed by atoms with Gasteiger partial charge in [0.25, 0.3) is 5.69 Å². The van der Waals surface area contributed by atoms with E-state index in [2.05, 4.69) is 4.74 Å². The van der Waals surface area contributed by atoms with Gasteiger partial charge in [-0.2, -0.15) is 5.26 Å². The molecule has 2 aromatic rings. The number of hydrogen-bond donors (Lipinski definition) is 0. The monoisotopic (exact) mass is 322 g/mol. The van der Waals surface area contributed by atoms with Gasteiger partial charge in [0.1, 0.15) is 17.4 Å². The fourth-order valence-electron chi connectivity index (χ4n) is 2.15. The molecule has 8 heteroatoms. The van der Waals surface area contributed by atoms with Crippen LogP contribution < -0.4 is 4.74 Å². The van der Waals surface area contributed by atoms with Crippen molar-refractivity contribution in [2.24, 2.45) is 0 Å². The van der Waals surface area contributed by atoms with Gasteiger partial charge in [-0.15, -0.1) is 13.2 Å². The molecule has 2 rings (SSSR count). The van der Waals surface area contributed by atoms with Crippen molar-refractivity contribution in [3.63, 3.8) is 0 Å². The number of nitriles is 1. The van der Waals surface area contributed by atoms with Crippen LogP contribution in [0.4, 0.5) is 18.9 Å². The lowest BCUT2D eigenvalue weighted by molar-refractivity contribution is -0.385. The lowest BCUT2D eigenvalue weighted by Gasteiger charge is -2.11. The van der Waals surface area contributed by atoms with E-state index in [4.69, 9.17) is 0 Å². The van der Waals surface area contributed by atoms with E-state index in [-0.39, 0.29) is 27.9 Å². The number of hydrogen-bond acceptors (Lipinski definition) is 4. The molecule has 0 aliphatic carbocycles. The number of alkyl halides is 3. The SMILES string of the molecule is Cc1ccc(-c2cccc(OC(F)(F)F)c2)c(C#N)c1[N+](=O)[O-]. The molecule has 118 valence electrons. The molecule has 23 heavy (non-hydrogen) atoms. The van der Waals surface area contributed by atoms with Crippen molar-refractivity contribution in [2.75, 3.05) is 0 Å². The third-order valence-electron chi connectivity index (χ3n) is 3.05. The highest BCUT2D eigenvalue weighted by molar-refractivity contribution is 5.77. The molecule has 5 nitrogen and oxygen atoms in total. The normalized spacial score (nSPS) is 10.9. The van der Waals surface area contributed by atoms with Gasteiger partial charge in [-0.3, -0.25) is 10.1 Å². The first kappa shape index (κ1) is 16.3. The van der Waals surface area contributed by atoms with Crippen LogP contribution in [0.1, 0.15) is 11.1 Å². The van der Waals surface area contributed by atoms with Crippen molar-refractivity contribution in [1.82, 2.24) is 0 Å². The number of halogens is 3. The molecule has 0 radical (unpaired) electrons. The number of nitrogens with zero attached hydrogens (tertiary/aromatic N) is 2. The maximum absolute atomic E-state index is 12.3. The van der Waals surface area contributed by atoms with Crippen LogP contribution in [0.5, 0.6) is 5.75 Å². The average molecular weight is 322 g/mol. The highest BCUT2D eigenvalue weighted by Gasteiger charge is 2.31. The predicted octanol–water partition coefficient (Wildman–Crippen LogP) is 4.34. The van der Waals surface area contributed by atoms with E-state index in [1.54, 1.807) is 6.07 Å². The molecule has 0 N–H and O–H groups in total. The summed E-state index contributed by atoms with van der Waals surface area (Å²) in [6.45, 7) is 1.48. The first-order chi connectivity index (χ1) is 10.7. The second kappa shape index (κ2) is 5.96. The summed E-state index contributed by atoms with van der Waals surface area (Å²) in [6.07, 6.45) is -4.85. The summed E-state index contributed by atoms with van der Waals surface area (Å²) in [5.41, 5.74) is 0.0909. The molecule has 0 aliphatic rings. The lowest BCUT2D eigenvalue weighted by Crippen LogP contribution is -2.17. The summed E-state index contributed by atoms with van der Waals surface area (Å²) in [5.74, 6) is -0.470. The van der Waals surface area contributed by atoms with Crippen LogP contribution in [0.25, 0.3) is 11.1 Å². The van der Waals surface area contributed by atoms with Crippen LogP contribution in [0.15, 0.2) is 36.4 Å². The van der Waals surface area contributed by atoms with E-state index in [9.17, 15) is 28.5 Å². The first-order valence-electron chi connectivity index (χ1n) is 6.27. The summed E-state index contributed by atoms with van der Waals surface area (Å²) in [5, 5.41) is 20.3. The van der Waals surface area contributed by atoms with Gasteiger partial charge in [-0.1, -0.05) is 24.3 Å². The molecule has 0 aliphatic heterocycles. The Labute approximate surface area is 128 Å². The molecule has 0 spiro atoms. The van der Waals surface area contributed by atoms with Crippen molar-refractivity contribution >= 4 is 5.69 Å². The van der Waals surface area contributed by atoms with E-state index in [1.165, 1.54) is 31.2 Å². The Balaban J connectivity index is 2.60. The van der Waals surface area contributed by atoms with Gasteiger partial charge >= 0.3 is 6.36 Å². The molecular weight excluding hydrogens is 313 g/mol. The summed E-state index contributed by atoms with van der Waals surface area (Å²) in [4.78, 5) is 10.4. The molecule has 2 aromatic carbocycles. The fourth-order valence-corrected chi connectivity index (χ4v) is 2.15. The average Bonchev–Trinajstić information content (AvgIpc) is 2.44. The maximum atomic E-state index is 12.3. The molecule has 0 saturated heterocycles. The van der Waals surface area contributed by atoms with E-state index in [1.807, 2.05) is 0 Å². The van der Waals surface area contributed by atoms with Crippen molar-refractivity contribution in [3.8, 4) is 22.9 Å². The van der Waals surface area contributed by atoms with Gasteiger partial charge in [0.15, 0.2) is 0 Å². The predicted molar refractivity (Wildman–Crippen MR) is 74.7 cm³/mol. The highest BCUT2D eigenvalue weighted by atomic mass is 19.4. The van der Waals surface area contributed by atoms with E-state index in [0.717, 1.165) is 12.1 Å². The second-order valence-electron chi connectivity index (χ2n) is 4.60. The van der Waals surface area contributed by atoms with Crippen molar-refractivity contribution < 1.29 is 22.8 Å².